The van der Waals surface area contributed by atoms with Gasteiger partial charge in [-0.3, -0.25) is 0 Å². The number of aliphatic hydroxyl groups excluding tert-OH is 3. The predicted octanol–water partition coefficient (Wildman–Crippen LogP) is 0.0688. The molecule has 4 atom stereocenters. The van der Waals surface area contributed by atoms with Gasteiger partial charge in [0.15, 0.2) is 11.5 Å². The first-order valence-corrected chi connectivity index (χ1v) is 6.74. The van der Waals surface area contributed by atoms with E-state index in [1.54, 1.807) is 18.2 Å². The monoisotopic (exact) mass is 308 g/mol. The molecule has 118 valence electrons. The van der Waals surface area contributed by atoms with E-state index >= 15 is 0 Å². The first-order valence-electron chi connectivity index (χ1n) is 6.74. The maximum Gasteiger partial charge on any atom is 0.228 e. The fourth-order valence-electron chi connectivity index (χ4n) is 2.38. The lowest BCUT2D eigenvalue weighted by molar-refractivity contribution is -0.241. The number of aliphatic hydroxyl groups is 3. The third-order valence-corrected chi connectivity index (χ3v) is 3.63. The maximum atomic E-state index is 9.89. The van der Waals surface area contributed by atoms with Crippen LogP contribution in [0, 0.1) is 0 Å². The molecule has 5 N–H and O–H groups in total. The van der Waals surface area contributed by atoms with Crippen LogP contribution in [0.1, 0.15) is 0 Å². The number of hydrogen-bond acceptors (Lipinski definition) is 7. The van der Waals surface area contributed by atoms with Gasteiger partial charge in [0.1, 0.15) is 24.1 Å². The van der Waals surface area contributed by atoms with Gasteiger partial charge < -0.3 is 35.0 Å². The van der Waals surface area contributed by atoms with Gasteiger partial charge in [-0.15, -0.1) is 0 Å². The molecule has 3 rings (SSSR count). The summed E-state index contributed by atoms with van der Waals surface area (Å²) >= 11 is 0. The molecular weight excluding hydrogens is 292 g/mol. The van der Waals surface area contributed by atoms with E-state index in [2.05, 4.69) is 0 Å². The fourth-order valence-corrected chi connectivity index (χ4v) is 2.38. The molecule has 1 heterocycles. The standard InChI is InChI=1S/C15H16O7/c16-9-4-7-2-1-3-12(8(7)5-10(9)17)22-15-14(20)13(19)11(18)6-21-15/h1-5,11,13-20H,6H2/t11-,13+,14-,15-/m1/s1. The lowest BCUT2D eigenvalue weighted by Crippen LogP contribution is -2.54. The van der Waals surface area contributed by atoms with E-state index in [0.717, 1.165) is 0 Å². The van der Waals surface area contributed by atoms with Crippen LogP contribution in [0.3, 0.4) is 0 Å². The largest absolute Gasteiger partial charge is 0.504 e. The molecular formula is C15H16O7. The van der Waals surface area contributed by atoms with Crippen LogP contribution < -0.4 is 4.74 Å². The minimum absolute atomic E-state index is 0.167. The Balaban J connectivity index is 1.92. The molecule has 22 heavy (non-hydrogen) atoms. The van der Waals surface area contributed by atoms with Crippen LogP contribution in [-0.2, 0) is 4.74 Å². The van der Waals surface area contributed by atoms with Crippen LogP contribution in [-0.4, -0.2) is 56.7 Å². The van der Waals surface area contributed by atoms with Crippen molar-refractivity contribution in [2.45, 2.75) is 24.6 Å². The SMILES string of the molecule is Oc1cc2cccc(O[C@H]3OC[C@@H](O)[C@H](O)[C@H]3O)c2cc1O. The summed E-state index contributed by atoms with van der Waals surface area (Å²) in [5.41, 5.74) is 0. The average molecular weight is 308 g/mol. The number of ether oxygens (including phenoxy) is 2. The van der Waals surface area contributed by atoms with Gasteiger partial charge in [0.05, 0.1) is 6.61 Å². The van der Waals surface area contributed by atoms with Crippen molar-refractivity contribution in [3.63, 3.8) is 0 Å². The van der Waals surface area contributed by atoms with Crippen LogP contribution in [0.2, 0.25) is 0 Å². The Labute approximate surface area is 125 Å². The van der Waals surface area contributed by atoms with Gasteiger partial charge in [-0.1, -0.05) is 12.1 Å². The van der Waals surface area contributed by atoms with Gasteiger partial charge in [-0.2, -0.15) is 0 Å². The van der Waals surface area contributed by atoms with E-state index in [4.69, 9.17) is 9.47 Å². The lowest BCUT2D eigenvalue weighted by Gasteiger charge is -2.35. The molecule has 2 aromatic carbocycles. The summed E-state index contributed by atoms with van der Waals surface area (Å²) in [6, 6.07) is 7.72. The smallest absolute Gasteiger partial charge is 0.228 e. The third kappa shape index (κ3) is 2.55. The summed E-state index contributed by atoms with van der Waals surface area (Å²) in [7, 11) is 0. The molecule has 1 aliphatic rings. The Kier molecular flexibility index (Phi) is 3.79. The average Bonchev–Trinajstić information content (AvgIpc) is 2.50. The molecule has 7 heteroatoms. The number of fused-ring (bicyclic) bond motifs is 1. The summed E-state index contributed by atoms with van der Waals surface area (Å²) < 4.78 is 10.7. The second-order valence-corrected chi connectivity index (χ2v) is 5.19. The highest BCUT2D eigenvalue weighted by Crippen LogP contribution is 2.35. The van der Waals surface area contributed by atoms with Crippen LogP contribution in [0.4, 0.5) is 0 Å². The van der Waals surface area contributed by atoms with E-state index in [-0.39, 0.29) is 18.1 Å². The zero-order valence-electron chi connectivity index (χ0n) is 11.5. The van der Waals surface area contributed by atoms with Crippen LogP contribution in [0.25, 0.3) is 10.8 Å². The summed E-state index contributed by atoms with van der Waals surface area (Å²) in [5.74, 6) is -0.248. The molecule has 0 radical (unpaired) electrons. The van der Waals surface area contributed by atoms with Gasteiger partial charge >= 0.3 is 0 Å². The molecule has 1 fully saturated rings. The summed E-state index contributed by atoms with van der Waals surface area (Å²) in [6.07, 6.45) is -5.11. The van der Waals surface area contributed by atoms with Gasteiger partial charge in [0.25, 0.3) is 0 Å². The minimum Gasteiger partial charge on any atom is -0.504 e. The van der Waals surface area contributed by atoms with Crippen molar-refractivity contribution in [1.29, 1.82) is 0 Å². The second kappa shape index (κ2) is 5.62. The molecule has 0 unspecified atom stereocenters. The van der Waals surface area contributed by atoms with E-state index in [0.29, 0.717) is 16.5 Å². The van der Waals surface area contributed by atoms with Crippen molar-refractivity contribution < 1.29 is 35.0 Å². The highest BCUT2D eigenvalue weighted by Gasteiger charge is 2.39. The van der Waals surface area contributed by atoms with Crippen molar-refractivity contribution >= 4 is 10.8 Å². The Morgan fingerprint density at radius 3 is 2.50 bits per heavy atom. The van der Waals surface area contributed by atoms with Crippen molar-refractivity contribution in [2.24, 2.45) is 0 Å². The molecule has 1 saturated heterocycles. The summed E-state index contributed by atoms with van der Waals surface area (Å²) in [4.78, 5) is 0. The van der Waals surface area contributed by atoms with Crippen molar-refractivity contribution in [3.05, 3.63) is 30.3 Å². The number of phenols is 2. The van der Waals surface area contributed by atoms with Crippen LogP contribution in [0.5, 0.6) is 17.2 Å². The molecule has 0 amide bonds. The molecule has 0 spiro atoms. The van der Waals surface area contributed by atoms with Gasteiger partial charge in [0, 0.05) is 5.39 Å². The van der Waals surface area contributed by atoms with E-state index in [1.165, 1.54) is 12.1 Å². The molecule has 0 aromatic heterocycles. The topological polar surface area (TPSA) is 120 Å². The van der Waals surface area contributed by atoms with E-state index < -0.39 is 24.6 Å². The van der Waals surface area contributed by atoms with Crippen LogP contribution >= 0.6 is 0 Å². The highest BCUT2D eigenvalue weighted by molar-refractivity contribution is 5.91. The second-order valence-electron chi connectivity index (χ2n) is 5.19. The quantitative estimate of drug-likeness (QED) is 0.498. The summed E-state index contributed by atoms with van der Waals surface area (Å²) in [5, 5.41) is 49.2. The van der Waals surface area contributed by atoms with E-state index in [9.17, 15) is 25.5 Å². The van der Waals surface area contributed by atoms with Gasteiger partial charge in [-0.05, 0) is 23.6 Å². The molecule has 2 aromatic rings. The molecule has 1 aliphatic heterocycles. The first-order chi connectivity index (χ1) is 10.5. The molecule has 0 aliphatic carbocycles. The Morgan fingerprint density at radius 1 is 1.00 bits per heavy atom. The van der Waals surface area contributed by atoms with Crippen molar-refractivity contribution in [2.75, 3.05) is 6.61 Å². The fraction of sp³-hybridized carbons (Fsp3) is 0.333. The number of hydrogen-bond donors (Lipinski definition) is 5. The first kappa shape index (κ1) is 14.9. The Bertz CT molecular complexity index is 687. The molecule has 7 nitrogen and oxygen atoms in total. The highest BCUT2D eigenvalue weighted by atomic mass is 16.7. The van der Waals surface area contributed by atoms with Crippen molar-refractivity contribution in [1.82, 2.24) is 0 Å². The molecule has 0 saturated carbocycles. The normalized spacial score (nSPS) is 28.7. The zero-order chi connectivity index (χ0) is 15.9. The maximum absolute atomic E-state index is 9.89. The van der Waals surface area contributed by atoms with Gasteiger partial charge in [0.2, 0.25) is 6.29 Å². The summed E-state index contributed by atoms with van der Waals surface area (Å²) in [6.45, 7) is -0.167. The van der Waals surface area contributed by atoms with E-state index in [1.807, 2.05) is 0 Å². The molecule has 0 bridgehead atoms. The van der Waals surface area contributed by atoms with Crippen molar-refractivity contribution in [3.8, 4) is 17.2 Å². The number of aromatic hydroxyl groups is 2. The van der Waals surface area contributed by atoms with Gasteiger partial charge in [-0.25, -0.2) is 0 Å². The number of phenolic OH excluding ortho intramolecular Hbond substituents is 2. The predicted molar refractivity (Wildman–Crippen MR) is 75.7 cm³/mol. The minimum atomic E-state index is -1.41. The van der Waals surface area contributed by atoms with Crippen LogP contribution in [0.15, 0.2) is 30.3 Å². The number of benzene rings is 2. The lowest BCUT2D eigenvalue weighted by atomic mass is 10.1. The Morgan fingerprint density at radius 2 is 1.73 bits per heavy atom. The third-order valence-electron chi connectivity index (χ3n) is 3.63. The zero-order valence-corrected chi connectivity index (χ0v) is 11.5. The Hall–Kier alpha value is -2.06. The number of rotatable bonds is 2.